The minimum atomic E-state index is -0.871. The number of nitrogens with one attached hydrogen (secondary N) is 2. The van der Waals surface area contributed by atoms with Crippen molar-refractivity contribution in [2.24, 2.45) is 0 Å². The van der Waals surface area contributed by atoms with Crippen molar-refractivity contribution >= 4 is 17.7 Å². The van der Waals surface area contributed by atoms with Gasteiger partial charge in [0.15, 0.2) is 5.16 Å². The highest BCUT2D eigenvalue weighted by molar-refractivity contribution is 7.99. The SMILES string of the molecule is CCCc1cc(=O)[nH]c(SCCC(NC)C(=O)O)n1. The summed E-state index contributed by atoms with van der Waals surface area (Å²) in [6, 6.07) is 0.930. The van der Waals surface area contributed by atoms with E-state index in [1.165, 1.54) is 17.8 Å². The van der Waals surface area contributed by atoms with Crippen molar-refractivity contribution in [2.75, 3.05) is 12.8 Å². The Morgan fingerprint density at radius 2 is 2.37 bits per heavy atom. The monoisotopic (exact) mass is 285 g/mol. The number of aromatic nitrogens is 2. The fourth-order valence-electron chi connectivity index (χ4n) is 1.60. The molecule has 0 saturated heterocycles. The quantitative estimate of drug-likeness (QED) is 0.485. The second-order valence-corrected chi connectivity index (χ2v) is 5.19. The summed E-state index contributed by atoms with van der Waals surface area (Å²) in [6.07, 6.45) is 2.17. The van der Waals surface area contributed by atoms with Gasteiger partial charge in [0.25, 0.3) is 5.56 Å². The van der Waals surface area contributed by atoms with Crippen LogP contribution in [0.4, 0.5) is 0 Å². The molecule has 1 aromatic rings. The van der Waals surface area contributed by atoms with Gasteiger partial charge < -0.3 is 15.4 Å². The van der Waals surface area contributed by atoms with Gasteiger partial charge in [0, 0.05) is 17.5 Å². The number of thioether (sulfide) groups is 1. The summed E-state index contributed by atoms with van der Waals surface area (Å²) < 4.78 is 0. The third-order valence-electron chi connectivity index (χ3n) is 2.57. The van der Waals surface area contributed by atoms with E-state index in [4.69, 9.17) is 5.11 Å². The number of aryl methyl sites for hydroxylation is 1. The maximum atomic E-state index is 11.4. The van der Waals surface area contributed by atoms with Crippen molar-refractivity contribution < 1.29 is 9.90 Å². The number of carbonyl (C=O) groups is 1. The summed E-state index contributed by atoms with van der Waals surface area (Å²) in [4.78, 5) is 29.2. The standard InChI is InChI=1S/C12H19N3O3S/c1-3-4-8-7-10(16)15-12(14-8)19-6-5-9(13-2)11(17)18/h7,9,13H,3-6H2,1-2H3,(H,17,18)(H,14,15,16). The molecule has 1 rings (SSSR count). The van der Waals surface area contributed by atoms with Crippen molar-refractivity contribution in [3.8, 4) is 0 Å². The molecule has 1 heterocycles. The van der Waals surface area contributed by atoms with Gasteiger partial charge in [-0.2, -0.15) is 0 Å². The molecule has 1 atom stereocenters. The summed E-state index contributed by atoms with van der Waals surface area (Å²) in [5, 5.41) is 12.2. The molecule has 0 bridgehead atoms. The molecule has 0 aliphatic carbocycles. The average Bonchev–Trinajstić information content (AvgIpc) is 2.34. The minimum Gasteiger partial charge on any atom is -0.480 e. The van der Waals surface area contributed by atoms with Crippen molar-refractivity contribution in [3.05, 3.63) is 22.1 Å². The molecule has 7 heteroatoms. The Bertz CT molecular complexity index is 476. The van der Waals surface area contributed by atoms with Crippen molar-refractivity contribution in [2.45, 2.75) is 37.4 Å². The molecule has 0 aliphatic rings. The number of carboxylic acid groups (broad SMARTS) is 1. The van der Waals surface area contributed by atoms with Gasteiger partial charge in [0.1, 0.15) is 6.04 Å². The van der Waals surface area contributed by atoms with Gasteiger partial charge in [-0.25, -0.2) is 4.98 Å². The number of likely N-dealkylation sites (N-methyl/N-ethyl adjacent to an activating group) is 1. The van der Waals surface area contributed by atoms with E-state index >= 15 is 0 Å². The van der Waals surface area contributed by atoms with E-state index in [0.29, 0.717) is 17.3 Å². The highest BCUT2D eigenvalue weighted by Gasteiger charge is 2.14. The highest BCUT2D eigenvalue weighted by atomic mass is 32.2. The van der Waals surface area contributed by atoms with Crippen LogP contribution in [0.5, 0.6) is 0 Å². The molecule has 0 fully saturated rings. The number of nitrogens with zero attached hydrogens (tertiary/aromatic N) is 1. The van der Waals surface area contributed by atoms with Gasteiger partial charge in [0.2, 0.25) is 0 Å². The van der Waals surface area contributed by atoms with Crippen LogP contribution < -0.4 is 10.9 Å². The Labute approximate surface area is 116 Å². The summed E-state index contributed by atoms with van der Waals surface area (Å²) in [7, 11) is 1.62. The van der Waals surface area contributed by atoms with Gasteiger partial charge in [0.05, 0.1) is 0 Å². The largest absolute Gasteiger partial charge is 0.480 e. The Hall–Kier alpha value is -1.34. The number of aliphatic carboxylic acids is 1. The smallest absolute Gasteiger partial charge is 0.320 e. The second kappa shape index (κ2) is 7.96. The topological polar surface area (TPSA) is 95.1 Å². The lowest BCUT2D eigenvalue weighted by Crippen LogP contribution is -2.34. The van der Waals surface area contributed by atoms with Crippen LogP contribution in [0.1, 0.15) is 25.5 Å². The Balaban J connectivity index is 2.57. The van der Waals surface area contributed by atoms with Gasteiger partial charge in [-0.15, -0.1) is 0 Å². The first-order chi connectivity index (χ1) is 9.06. The third kappa shape index (κ3) is 5.44. The fourth-order valence-corrected chi connectivity index (χ4v) is 2.50. The number of carboxylic acids is 1. The zero-order valence-electron chi connectivity index (χ0n) is 11.1. The van der Waals surface area contributed by atoms with Crippen LogP contribution in [-0.4, -0.2) is 39.9 Å². The fraction of sp³-hybridized carbons (Fsp3) is 0.583. The Kier molecular flexibility index (Phi) is 6.58. The molecule has 19 heavy (non-hydrogen) atoms. The number of hydrogen-bond acceptors (Lipinski definition) is 5. The van der Waals surface area contributed by atoms with E-state index < -0.39 is 12.0 Å². The molecule has 1 aromatic heterocycles. The predicted molar refractivity (Wildman–Crippen MR) is 74.7 cm³/mol. The van der Waals surface area contributed by atoms with Gasteiger partial charge in [-0.05, 0) is 19.9 Å². The van der Waals surface area contributed by atoms with E-state index in [9.17, 15) is 9.59 Å². The molecule has 0 saturated carbocycles. The molecule has 0 aliphatic heterocycles. The first-order valence-electron chi connectivity index (χ1n) is 6.20. The number of hydrogen-bond donors (Lipinski definition) is 3. The lowest BCUT2D eigenvalue weighted by molar-refractivity contribution is -0.139. The van der Waals surface area contributed by atoms with Crippen LogP contribution in [-0.2, 0) is 11.2 Å². The minimum absolute atomic E-state index is 0.163. The molecule has 106 valence electrons. The van der Waals surface area contributed by atoms with E-state index in [1.54, 1.807) is 7.05 Å². The van der Waals surface area contributed by atoms with Crippen molar-refractivity contribution in [3.63, 3.8) is 0 Å². The first kappa shape index (κ1) is 15.7. The number of rotatable bonds is 8. The van der Waals surface area contributed by atoms with Crippen LogP contribution in [0.25, 0.3) is 0 Å². The first-order valence-corrected chi connectivity index (χ1v) is 7.18. The molecule has 0 radical (unpaired) electrons. The molecular weight excluding hydrogens is 266 g/mol. The van der Waals surface area contributed by atoms with Crippen LogP contribution >= 0.6 is 11.8 Å². The third-order valence-corrected chi connectivity index (χ3v) is 3.48. The second-order valence-electron chi connectivity index (χ2n) is 4.11. The van der Waals surface area contributed by atoms with Gasteiger partial charge >= 0.3 is 5.97 Å². The summed E-state index contributed by atoms with van der Waals surface area (Å²) in [6.45, 7) is 2.03. The van der Waals surface area contributed by atoms with E-state index in [-0.39, 0.29) is 5.56 Å². The Morgan fingerprint density at radius 3 is 2.95 bits per heavy atom. The molecule has 0 spiro atoms. The van der Waals surface area contributed by atoms with Crippen molar-refractivity contribution in [1.82, 2.24) is 15.3 Å². The summed E-state index contributed by atoms with van der Waals surface area (Å²) in [5.41, 5.74) is 0.613. The van der Waals surface area contributed by atoms with E-state index in [0.717, 1.165) is 18.5 Å². The maximum absolute atomic E-state index is 11.4. The molecule has 0 aromatic carbocycles. The van der Waals surface area contributed by atoms with Crippen LogP contribution in [0.3, 0.4) is 0 Å². The average molecular weight is 285 g/mol. The summed E-state index contributed by atoms with van der Waals surface area (Å²) >= 11 is 1.37. The van der Waals surface area contributed by atoms with Crippen molar-refractivity contribution in [1.29, 1.82) is 0 Å². The zero-order valence-corrected chi connectivity index (χ0v) is 11.9. The van der Waals surface area contributed by atoms with Gasteiger partial charge in [-0.1, -0.05) is 25.1 Å². The van der Waals surface area contributed by atoms with Crippen LogP contribution in [0, 0.1) is 0 Å². The van der Waals surface area contributed by atoms with Crippen LogP contribution in [0.2, 0.25) is 0 Å². The molecule has 0 amide bonds. The number of H-pyrrole nitrogens is 1. The van der Waals surface area contributed by atoms with E-state index in [2.05, 4.69) is 15.3 Å². The van der Waals surface area contributed by atoms with Gasteiger partial charge in [-0.3, -0.25) is 9.59 Å². The predicted octanol–water partition coefficient (Wildman–Crippen LogP) is 0.877. The normalized spacial score (nSPS) is 12.3. The highest BCUT2D eigenvalue weighted by Crippen LogP contribution is 2.14. The molecular formula is C12H19N3O3S. The zero-order chi connectivity index (χ0) is 14.3. The molecule has 6 nitrogen and oxygen atoms in total. The van der Waals surface area contributed by atoms with E-state index in [1.807, 2.05) is 6.92 Å². The number of aromatic amines is 1. The summed E-state index contributed by atoms with van der Waals surface area (Å²) in [5.74, 6) is -0.291. The molecule has 3 N–H and O–H groups in total. The lowest BCUT2D eigenvalue weighted by atomic mass is 10.2. The lowest BCUT2D eigenvalue weighted by Gasteiger charge is -2.10. The van der Waals surface area contributed by atoms with Crippen LogP contribution in [0.15, 0.2) is 16.0 Å². The maximum Gasteiger partial charge on any atom is 0.320 e. The molecule has 1 unspecified atom stereocenters. The Morgan fingerprint density at radius 1 is 1.63 bits per heavy atom.